The summed E-state index contributed by atoms with van der Waals surface area (Å²) in [6.45, 7) is 6.00. The largest absolute Gasteiger partial charge is 0.481 e. The Morgan fingerprint density at radius 3 is 2.10 bits per heavy atom. The first-order valence-corrected chi connectivity index (χ1v) is 2.83. The van der Waals surface area contributed by atoms with Crippen molar-refractivity contribution in [2.45, 2.75) is 19.4 Å². The minimum Gasteiger partial charge on any atom is -0.481 e. The van der Waals surface area contributed by atoms with E-state index in [0.29, 0.717) is 6.10 Å². The van der Waals surface area contributed by atoms with Crippen molar-refractivity contribution < 1.29 is 34.1 Å². The number of rotatable bonds is 1. The Balaban J connectivity index is 0. The van der Waals surface area contributed by atoms with Crippen LogP contribution in [0.4, 0.5) is 0 Å². The molecule has 1 rings (SSSR count). The average Bonchev–Trinajstić information content (AvgIpc) is 2.53. The Hall–Kier alpha value is 0.0534. The molecule has 0 saturated carbocycles. The predicted molar refractivity (Wildman–Crippen MR) is 33.0 cm³/mol. The van der Waals surface area contributed by atoms with Crippen LogP contribution in [0.2, 0.25) is 0 Å². The number of hydrogen-bond acceptors (Lipinski definition) is 2. The molecule has 0 aromatic rings. The third-order valence-corrected chi connectivity index (χ3v) is 0.705. The molecule has 1 atom stereocenters. The first-order valence-electron chi connectivity index (χ1n) is 2.83. The molecule has 0 amide bonds. The van der Waals surface area contributed by atoms with Gasteiger partial charge in [-0.15, -0.1) is 0 Å². The summed E-state index contributed by atoms with van der Waals surface area (Å²) in [5, 5.41) is 7.72. The molecule has 1 N–H and O–H groups in total. The first kappa shape index (κ1) is 12.7. The Kier molecular flexibility index (Phi) is 9.10. The number of hydrogen-bond donors (Lipinski definition) is 1. The second-order valence-electron chi connectivity index (χ2n) is 1.70. The number of carboxylic acid groups (broad SMARTS) is 1. The summed E-state index contributed by atoms with van der Waals surface area (Å²) in [5.74, 6) is -0.745. The van der Waals surface area contributed by atoms with E-state index in [9.17, 15) is 4.79 Å². The molecule has 1 heterocycles. The molecule has 0 aromatic heterocycles. The molecule has 0 bridgehead atoms. The quantitative estimate of drug-likeness (QED) is 0.382. The van der Waals surface area contributed by atoms with Gasteiger partial charge in [0.25, 0.3) is 0 Å². The fraction of sp³-hybridized carbons (Fsp3) is 0.667. The van der Waals surface area contributed by atoms with Crippen LogP contribution in [0.15, 0.2) is 0 Å². The van der Waals surface area contributed by atoms with Crippen LogP contribution in [0.1, 0.15) is 13.3 Å². The Morgan fingerprint density at radius 1 is 1.90 bits per heavy atom. The van der Waals surface area contributed by atoms with Crippen LogP contribution in [-0.2, 0) is 29.0 Å². The molecule has 1 saturated heterocycles. The molecule has 1 aliphatic rings. The number of carbonyl (C=O) groups is 1. The maximum absolute atomic E-state index is 9.37. The molecule has 1 aliphatic heterocycles. The van der Waals surface area contributed by atoms with Gasteiger partial charge >= 0.3 is 5.97 Å². The summed E-state index contributed by atoms with van der Waals surface area (Å²) in [7, 11) is 0. The van der Waals surface area contributed by atoms with E-state index in [1.165, 1.54) is 0 Å². The Morgan fingerprint density at radius 2 is 2.10 bits per heavy atom. The number of aliphatic carboxylic acids is 1. The fourth-order valence-electron chi connectivity index (χ4n) is 0.0680. The standard InChI is InChI=1S/C3H6O2.C3H5O.Zn/c1-2-3(4)5;1-3-2-4-3;/h2H2,1H3,(H,4,5);3H,1-2H2;/q;-1;. The van der Waals surface area contributed by atoms with E-state index >= 15 is 0 Å². The zero-order valence-corrected chi connectivity index (χ0v) is 9.14. The second kappa shape index (κ2) is 7.16. The van der Waals surface area contributed by atoms with Gasteiger partial charge in [-0.3, -0.25) is 4.79 Å². The van der Waals surface area contributed by atoms with Crippen molar-refractivity contribution in [1.29, 1.82) is 0 Å². The van der Waals surface area contributed by atoms with Gasteiger partial charge in [-0.05, 0) is 6.10 Å². The molecule has 10 heavy (non-hydrogen) atoms. The van der Waals surface area contributed by atoms with Crippen molar-refractivity contribution >= 4 is 5.97 Å². The zero-order chi connectivity index (χ0) is 7.28. The molecule has 4 heteroatoms. The Labute approximate surface area is 73.5 Å². The smallest absolute Gasteiger partial charge is 0.303 e. The SMILES string of the molecule is CCC(=O)O.[CH2-]C1CO1.[Zn]. The van der Waals surface area contributed by atoms with Crippen LogP contribution in [0, 0.1) is 6.92 Å². The minimum absolute atomic E-state index is 0. The molecule has 56 valence electrons. The third kappa shape index (κ3) is 15.7. The van der Waals surface area contributed by atoms with Crippen LogP contribution in [0.3, 0.4) is 0 Å². The van der Waals surface area contributed by atoms with E-state index in [-0.39, 0.29) is 25.9 Å². The van der Waals surface area contributed by atoms with E-state index < -0.39 is 5.97 Å². The zero-order valence-electron chi connectivity index (χ0n) is 6.17. The van der Waals surface area contributed by atoms with Crippen molar-refractivity contribution in [3.8, 4) is 0 Å². The molecule has 3 nitrogen and oxygen atoms in total. The van der Waals surface area contributed by atoms with Gasteiger partial charge in [-0.1, -0.05) is 6.92 Å². The van der Waals surface area contributed by atoms with Crippen molar-refractivity contribution in [1.82, 2.24) is 0 Å². The van der Waals surface area contributed by atoms with Crippen LogP contribution in [0.5, 0.6) is 0 Å². The van der Waals surface area contributed by atoms with Gasteiger partial charge in [-0.25, -0.2) is 0 Å². The number of epoxide rings is 1. The van der Waals surface area contributed by atoms with E-state index in [1.807, 2.05) is 0 Å². The average molecular weight is 197 g/mol. The minimum atomic E-state index is -0.745. The van der Waals surface area contributed by atoms with Crippen LogP contribution in [-0.4, -0.2) is 23.8 Å². The van der Waals surface area contributed by atoms with Gasteiger partial charge < -0.3 is 16.8 Å². The van der Waals surface area contributed by atoms with Crippen LogP contribution < -0.4 is 0 Å². The topological polar surface area (TPSA) is 49.8 Å². The van der Waals surface area contributed by atoms with Gasteiger partial charge in [0.15, 0.2) is 0 Å². The van der Waals surface area contributed by atoms with E-state index in [4.69, 9.17) is 5.11 Å². The van der Waals surface area contributed by atoms with Crippen molar-refractivity contribution in [3.05, 3.63) is 6.92 Å². The maximum atomic E-state index is 9.37. The Bertz CT molecular complexity index is 91.0. The van der Waals surface area contributed by atoms with Gasteiger partial charge in [0.2, 0.25) is 0 Å². The van der Waals surface area contributed by atoms with Gasteiger partial charge in [0.1, 0.15) is 0 Å². The maximum Gasteiger partial charge on any atom is 0.303 e. The number of carboxylic acids is 1. The van der Waals surface area contributed by atoms with Crippen LogP contribution in [0.25, 0.3) is 0 Å². The van der Waals surface area contributed by atoms with Crippen molar-refractivity contribution in [2.75, 3.05) is 6.61 Å². The molecule has 1 fully saturated rings. The molecule has 0 aromatic carbocycles. The molecular weight excluding hydrogens is 185 g/mol. The van der Waals surface area contributed by atoms with E-state index in [2.05, 4.69) is 11.7 Å². The summed E-state index contributed by atoms with van der Waals surface area (Å²) < 4.78 is 4.60. The molecule has 0 radical (unpaired) electrons. The monoisotopic (exact) mass is 195 g/mol. The summed E-state index contributed by atoms with van der Waals surface area (Å²) in [4.78, 5) is 9.37. The van der Waals surface area contributed by atoms with E-state index in [1.54, 1.807) is 6.92 Å². The molecule has 1 unspecified atom stereocenters. The fourth-order valence-corrected chi connectivity index (χ4v) is 0.0680. The van der Waals surface area contributed by atoms with Gasteiger partial charge in [-0.2, -0.15) is 0 Å². The van der Waals surface area contributed by atoms with Gasteiger partial charge in [0.05, 0.1) is 0 Å². The molecule has 0 aliphatic carbocycles. The predicted octanol–water partition coefficient (Wildman–Crippen LogP) is 0.698. The summed E-state index contributed by atoms with van der Waals surface area (Å²) in [5.41, 5.74) is 0. The summed E-state index contributed by atoms with van der Waals surface area (Å²) in [6.07, 6.45) is 0.556. The summed E-state index contributed by atoms with van der Waals surface area (Å²) >= 11 is 0. The summed E-state index contributed by atoms with van der Waals surface area (Å²) in [6, 6.07) is 0. The van der Waals surface area contributed by atoms with Gasteiger partial charge in [0, 0.05) is 32.5 Å². The third-order valence-electron chi connectivity index (χ3n) is 0.705. The normalized spacial score (nSPS) is 19.6. The first-order chi connectivity index (χ1) is 4.16. The second-order valence-corrected chi connectivity index (χ2v) is 1.70. The van der Waals surface area contributed by atoms with Crippen molar-refractivity contribution in [2.24, 2.45) is 0 Å². The van der Waals surface area contributed by atoms with E-state index in [0.717, 1.165) is 6.61 Å². The number of ether oxygens (including phenoxy) is 1. The molecular formula is C6H11O3Zn-. The molecule has 0 spiro atoms. The van der Waals surface area contributed by atoms with Crippen molar-refractivity contribution in [3.63, 3.8) is 0 Å². The van der Waals surface area contributed by atoms with Crippen LogP contribution >= 0.6 is 0 Å².